The lowest BCUT2D eigenvalue weighted by molar-refractivity contribution is 0.440. The van der Waals surface area contributed by atoms with E-state index in [0.717, 1.165) is 19.0 Å². The lowest BCUT2D eigenvalue weighted by atomic mass is 10.0. The molecular weight excluding hydrogens is 222 g/mol. The van der Waals surface area contributed by atoms with Gasteiger partial charge in [-0.05, 0) is 38.5 Å². The molecule has 0 saturated carbocycles. The van der Waals surface area contributed by atoms with Gasteiger partial charge in [-0.1, -0.05) is 0 Å². The van der Waals surface area contributed by atoms with Crippen LogP contribution in [0, 0.1) is 11.6 Å². The average molecular weight is 240 g/mol. The second-order valence-electron chi connectivity index (χ2n) is 5.28. The van der Waals surface area contributed by atoms with Crippen LogP contribution in [0.1, 0.15) is 25.8 Å². The maximum atomic E-state index is 13.4. The Labute approximate surface area is 100 Å². The molecular formula is C13H18F2N2. The molecule has 1 aromatic carbocycles. The van der Waals surface area contributed by atoms with Crippen molar-refractivity contribution in [2.45, 2.75) is 38.4 Å². The molecule has 0 spiro atoms. The van der Waals surface area contributed by atoms with E-state index in [0.29, 0.717) is 18.2 Å². The second-order valence-corrected chi connectivity index (χ2v) is 5.28. The van der Waals surface area contributed by atoms with Crippen molar-refractivity contribution in [1.29, 1.82) is 0 Å². The molecule has 0 bridgehead atoms. The molecule has 2 nitrogen and oxygen atoms in total. The minimum atomic E-state index is -0.395. The fraction of sp³-hybridized carbons (Fsp3) is 0.538. The highest BCUT2D eigenvalue weighted by Gasteiger charge is 2.29. The zero-order valence-corrected chi connectivity index (χ0v) is 10.2. The van der Waals surface area contributed by atoms with Crippen LogP contribution < -0.4 is 10.6 Å². The first-order valence-electron chi connectivity index (χ1n) is 5.89. The molecule has 1 atom stereocenters. The van der Waals surface area contributed by atoms with Gasteiger partial charge in [0.25, 0.3) is 0 Å². The molecule has 1 unspecified atom stereocenters. The predicted molar refractivity (Wildman–Crippen MR) is 63.7 cm³/mol. The van der Waals surface area contributed by atoms with Gasteiger partial charge < -0.3 is 10.6 Å². The van der Waals surface area contributed by atoms with Crippen LogP contribution in [0.25, 0.3) is 0 Å². The number of nitrogens with one attached hydrogen (secondary N) is 2. The Bertz CT molecular complexity index is 404. The van der Waals surface area contributed by atoms with Crippen molar-refractivity contribution in [2.75, 3.05) is 6.54 Å². The monoisotopic (exact) mass is 240 g/mol. The first-order chi connectivity index (χ1) is 7.96. The minimum Gasteiger partial charge on any atom is -0.310 e. The van der Waals surface area contributed by atoms with Crippen LogP contribution in [-0.4, -0.2) is 18.1 Å². The smallest absolute Gasteiger partial charge is 0.127 e. The summed E-state index contributed by atoms with van der Waals surface area (Å²) in [7, 11) is 0. The molecule has 2 N–H and O–H groups in total. The van der Waals surface area contributed by atoms with Crippen molar-refractivity contribution < 1.29 is 8.78 Å². The Morgan fingerprint density at radius 1 is 1.41 bits per heavy atom. The largest absolute Gasteiger partial charge is 0.310 e. The van der Waals surface area contributed by atoms with E-state index in [1.54, 1.807) is 0 Å². The summed E-state index contributed by atoms with van der Waals surface area (Å²) in [5.74, 6) is -0.753. The van der Waals surface area contributed by atoms with Crippen LogP contribution in [0.3, 0.4) is 0 Å². The van der Waals surface area contributed by atoms with E-state index in [4.69, 9.17) is 0 Å². The first-order valence-corrected chi connectivity index (χ1v) is 5.89. The SMILES string of the molecule is CC1(C)CC(NCc2cc(F)ccc2F)CN1. The van der Waals surface area contributed by atoms with E-state index in [9.17, 15) is 8.78 Å². The van der Waals surface area contributed by atoms with Gasteiger partial charge in [-0.2, -0.15) is 0 Å². The molecule has 1 fully saturated rings. The van der Waals surface area contributed by atoms with Gasteiger partial charge in [0.2, 0.25) is 0 Å². The fourth-order valence-corrected chi connectivity index (χ4v) is 2.24. The highest BCUT2D eigenvalue weighted by atomic mass is 19.1. The number of hydrogen-bond donors (Lipinski definition) is 2. The van der Waals surface area contributed by atoms with Crippen molar-refractivity contribution in [3.05, 3.63) is 35.4 Å². The van der Waals surface area contributed by atoms with Crippen molar-refractivity contribution >= 4 is 0 Å². The summed E-state index contributed by atoms with van der Waals surface area (Å²) in [5.41, 5.74) is 0.507. The van der Waals surface area contributed by atoms with E-state index in [1.807, 2.05) is 0 Å². The molecule has 1 heterocycles. The molecule has 1 saturated heterocycles. The van der Waals surface area contributed by atoms with Crippen LogP contribution in [0.4, 0.5) is 8.78 Å². The minimum absolute atomic E-state index is 0.123. The predicted octanol–water partition coefficient (Wildman–Crippen LogP) is 2.19. The van der Waals surface area contributed by atoms with Crippen molar-refractivity contribution in [3.8, 4) is 0 Å². The summed E-state index contributed by atoms with van der Waals surface area (Å²) in [5, 5.41) is 6.63. The van der Waals surface area contributed by atoms with Gasteiger partial charge in [-0.15, -0.1) is 0 Å². The third kappa shape index (κ3) is 3.23. The third-order valence-electron chi connectivity index (χ3n) is 3.17. The van der Waals surface area contributed by atoms with Crippen molar-refractivity contribution in [1.82, 2.24) is 10.6 Å². The van der Waals surface area contributed by atoms with Crippen LogP contribution in [0.2, 0.25) is 0 Å². The van der Waals surface area contributed by atoms with Crippen LogP contribution in [-0.2, 0) is 6.54 Å². The standard InChI is InChI=1S/C13H18F2N2/c1-13(2)6-11(8-17-13)16-7-9-5-10(14)3-4-12(9)15/h3-5,11,16-17H,6-8H2,1-2H3. The van der Waals surface area contributed by atoms with Crippen LogP contribution in [0.15, 0.2) is 18.2 Å². The van der Waals surface area contributed by atoms with E-state index >= 15 is 0 Å². The molecule has 0 amide bonds. The van der Waals surface area contributed by atoms with Crippen LogP contribution >= 0.6 is 0 Å². The summed E-state index contributed by atoms with van der Waals surface area (Å²) in [6.07, 6.45) is 0.990. The van der Waals surface area contributed by atoms with E-state index in [2.05, 4.69) is 24.5 Å². The molecule has 2 rings (SSSR count). The molecule has 0 aromatic heterocycles. The molecule has 1 aliphatic rings. The van der Waals surface area contributed by atoms with Gasteiger partial charge in [-0.25, -0.2) is 8.78 Å². The molecule has 0 aliphatic carbocycles. The third-order valence-corrected chi connectivity index (χ3v) is 3.17. The Morgan fingerprint density at radius 3 is 2.82 bits per heavy atom. The Balaban J connectivity index is 1.92. The fourth-order valence-electron chi connectivity index (χ4n) is 2.24. The Morgan fingerprint density at radius 2 is 2.18 bits per heavy atom. The number of rotatable bonds is 3. The quantitative estimate of drug-likeness (QED) is 0.846. The highest BCUT2D eigenvalue weighted by molar-refractivity contribution is 5.18. The first kappa shape index (κ1) is 12.5. The van der Waals surface area contributed by atoms with Gasteiger partial charge in [0.05, 0.1) is 0 Å². The highest BCUT2D eigenvalue weighted by Crippen LogP contribution is 2.18. The zero-order valence-electron chi connectivity index (χ0n) is 10.2. The summed E-state index contributed by atoms with van der Waals surface area (Å²) in [6.45, 7) is 5.50. The summed E-state index contributed by atoms with van der Waals surface area (Å²) in [4.78, 5) is 0. The van der Waals surface area contributed by atoms with E-state index in [-0.39, 0.29) is 11.4 Å². The van der Waals surface area contributed by atoms with Crippen molar-refractivity contribution in [2.24, 2.45) is 0 Å². The average Bonchev–Trinajstić information content (AvgIpc) is 2.60. The molecule has 1 aromatic rings. The number of benzene rings is 1. The lowest BCUT2D eigenvalue weighted by Gasteiger charge is -2.17. The second kappa shape index (κ2) is 4.70. The molecule has 17 heavy (non-hydrogen) atoms. The van der Waals surface area contributed by atoms with Crippen LogP contribution in [0.5, 0.6) is 0 Å². The summed E-state index contributed by atoms with van der Waals surface area (Å²) in [6, 6.07) is 3.87. The van der Waals surface area contributed by atoms with E-state index in [1.165, 1.54) is 12.1 Å². The number of hydrogen-bond acceptors (Lipinski definition) is 2. The molecule has 0 radical (unpaired) electrons. The van der Waals surface area contributed by atoms with Gasteiger partial charge in [0.1, 0.15) is 11.6 Å². The normalized spacial score (nSPS) is 22.9. The lowest BCUT2D eigenvalue weighted by Crippen LogP contribution is -2.31. The van der Waals surface area contributed by atoms with Gasteiger partial charge in [-0.3, -0.25) is 0 Å². The van der Waals surface area contributed by atoms with Gasteiger partial charge in [0, 0.05) is 30.2 Å². The molecule has 4 heteroatoms. The number of halogens is 2. The van der Waals surface area contributed by atoms with Gasteiger partial charge in [0.15, 0.2) is 0 Å². The summed E-state index contributed by atoms with van der Waals surface area (Å²) >= 11 is 0. The zero-order chi connectivity index (χ0) is 12.5. The topological polar surface area (TPSA) is 24.1 Å². The van der Waals surface area contributed by atoms with Gasteiger partial charge >= 0.3 is 0 Å². The Kier molecular flexibility index (Phi) is 3.45. The maximum absolute atomic E-state index is 13.4. The van der Waals surface area contributed by atoms with Crippen molar-refractivity contribution in [3.63, 3.8) is 0 Å². The summed E-state index contributed by atoms with van der Waals surface area (Å²) < 4.78 is 26.3. The molecule has 1 aliphatic heterocycles. The maximum Gasteiger partial charge on any atom is 0.127 e. The van der Waals surface area contributed by atoms with E-state index < -0.39 is 5.82 Å². The Hall–Kier alpha value is -1.00. The molecule has 94 valence electrons.